The molecule has 2 atom stereocenters. The molecular weight excluding hydrogens is 598 g/mol. The third-order valence-corrected chi connectivity index (χ3v) is 10.2. The number of ether oxygens (including phenoxy) is 1. The van der Waals surface area contributed by atoms with Crippen molar-refractivity contribution in [3.8, 4) is 5.75 Å². The number of hydrogen-bond acceptors (Lipinski definition) is 9. The van der Waals surface area contributed by atoms with Crippen molar-refractivity contribution in [2.75, 3.05) is 59.4 Å². The van der Waals surface area contributed by atoms with Gasteiger partial charge in [0.05, 0.1) is 6.04 Å². The molecule has 4 heterocycles. The number of benzene rings is 2. The highest BCUT2D eigenvalue weighted by Crippen LogP contribution is 2.31. The summed E-state index contributed by atoms with van der Waals surface area (Å²) in [7, 11) is 2.15. The fraction of sp³-hybridized carbons (Fsp3) is 0.571. The van der Waals surface area contributed by atoms with Crippen molar-refractivity contribution >= 4 is 17.9 Å². The number of phenols is 1. The quantitative estimate of drug-likeness (QED) is 0.488. The lowest BCUT2D eigenvalue weighted by molar-refractivity contribution is -0.143. The summed E-state index contributed by atoms with van der Waals surface area (Å²) in [5.41, 5.74) is 3.08. The van der Waals surface area contributed by atoms with Crippen LogP contribution in [-0.2, 0) is 20.7 Å². The van der Waals surface area contributed by atoms with Crippen LogP contribution in [0.15, 0.2) is 52.8 Å². The maximum absolute atomic E-state index is 14.0. The number of amides is 3. The highest BCUT2D eigenvalue weighted by atomic mass is 16.6. The number of likely N-dealkylation sites (N-methyl/N-ethyl adjacent to an activating group) is 1. The van der Waals surface area contributed by atoms with Gasteiger partial charge in [0.2, 0.25) is 0 Å². The van der Waals surface area contributed by atoms with Crippen LogP contribution in [0.4, 0.5) is 4.79 Å². The molecule has 252 valence electrons. The van der Waals surface area contributed by atoms with E-state index in [1.165, 1.54) is 5.01 Å². The van der Waals surface area contributed by atoms with Crippen LogP contribution in [0.2, 0.25) is 0 Å². The molecule has 12 nitrogen and oxygen atoms in total. The number of phenolic OH excluding ortho intramolecular Hbond substituents is 1. The van der Waals surface area contributed by atoms with Gasteiger partial charge >= 0.3 is 6.09 Å². The van der Waals surface area contributed by atoms with Crippen LogP contribution < -0.4 is 0 Å². The summed E-state index contributed by atoms with van der Waals surface area (Å²) in [6, 6.07) is 12.8. The van der Waals surface area contributed by atoms with E-state index in [9.17, 15) is 19.5 Å². The molecule has 0 spiro atoms. The molecule has 12 heteroatoms. The molecule has 0 radical (unpaired) electrons. The summed E-state index contributed by atoms with van der Waals surface area (Å²) in [4.78, 5) is 49.0. The minimum atomic E-state index is -0.982. The second-order valence-corrected chi connectivity index (χ2v) is 13.5. The van der Waals surface area contributed by atoms with E-state index in [2.05, 4.69) is 27.2 Å². The van der Waals surface area contributed by atoms with Gasteiger partial charge in [-0.1, -0.05) is 47.7 Å². The number of likely N-dealkylation sites (tertiary alicyclic amines) is 2. The van der Waals surface area contributed by atoms with Crippen molar-refractivity contribution < 1.29 is 24.2 Å². The maximum Gasteiger partial charge on any atom is 0.410 e. The zero-order valence-corrected chi connectivity index (χ0v) is 27.8. The Morgan fingerprint density at radius 1 is 0.872 bits per heavy atom. The molecule has 0 saturated carbocycles. The van der Waals surface area contributed by atoms with Crippen molar-refractivity contribution in [1.29, 1.82) is 0 Å². The molecule has 1 N–H and O–H groups in total. The SMILES string of the molecule is Cc1cc(C[C@@H](OC(=O)N2CCC(N3N=NC(c4ccccc4)C3=O)CC2)C(=O)N2CCC(N3CCN(C)CC3)CC2)cc(C)c1O. The normalized spacial score (nSPS) is 22.6. The summed E-state index contributed by atoms with van der Waals surface area (Å²) in [5.74, 6) is -0.101. The van der Waals surface area contributed by atoms with Gasteiger partial charge in [0.15, 0.2) is 12.1 Å². The Balaban J connectivity index is 1.08. The zero-order chi connectivity index (χ0) is 33.1. The lowest BCUT2D eigenvalue weighted by atomic mass is 9.98. The van der Waals surface area contributed by atoms with Gasteiger partial charge in [-0.3, -0.25) is 14.5 Å². The first-order chi connectivity index (χ1) is 22.7. The van der Waals surface area contributed by atoms with Crippen LogP contribution in [0, 0.1) is 13.8 Å². The van der Waals surface area contributed by atoms with Gasteiger partial charge in [0.25, 0.3) is 11.8 Å². The number of aromatic hydroxyl groups is 1. The summed E-state index contributed by atoms with van der Waals surface area (Å²) in [6.45, 7) is 9.90. The minimum absolute atomic E-state index is 0.154. The molecule has 2 aromatic carbocycles. The number of carbonyl (C=O) groups is 3. The fourth-order valence-electron chi connectivity index (χ4n) is 7.31. The highest BCUT2D eigenvalue weighted by molar-refractivity contribution is 5.85. The maximum atomic E-state index is 14.0. The van der Waals surface area contributed by atoms with E-state index in [-0.39, 0.29) is 30.0 Å². The summed E-state index contributed by atoms with van der Waals surface area (Å²) >= 11 is 0. The van der Waals surface area contributed by atoms with Crippen LogP contribution in [0.3, 0.4) is 0 Å². The monoisotopic (exact) mass is 645 g/mol. The molecular formula is C35H47N7O5. The minimum Gasteiger partial charge on any atom is -0.507 e. The topological polar surface area (TPSA) is 122 Å². The molecule has 0 aromatic heterocycles. The molecule has 0 aliphatic carbocycles. The van der Waals surface area contributed by atoms with Gasteiger partial charge in [-0.15, -0.1) is 0 Å². The summed E-state index contributed by atoms with van der Waals surface area (Å²) in [6.07, 6.45) is 1.59. The van der Waals surface area contributed by atoms with Crippen LogP contribution in [-0.4, -0.2) is 125 Å². The number of carbonyl (C=O) groups excluding carboxylic acids is 3. The fourth-order valence-corrected chi connectivity index (χ4v) is 7.31. The van der Waals surface area contributed by atoms with Gasteiger partial charge in [-0.25, -0.2) is 9.80 Å². The van der Waals surface area contributed by atoms with Crippen molar-refractivity contribution in [3.63, 3.8) is 0 Å². The van der Waals surface area contributed by atoms with Crippen molar-refractivity contribution in [2.45, 2.75) is 70.2 Å². The standard InChI is InChI=1S/C35H47N7O5/c1-24-21-26(22-25(2)32(24)43)23-30(33(44)40-13-9-28(10-14-40)39-19-17-38(3)18-20-39)47-35(46)41-15-11-29(12-16-41)42-34(45)31(36-37-42)27-7-5-4-6-8-27/h4-8,21-22,28-31,43H,9-20,23H2,1-3H3/t30-,31?/m1/s1. The number of piperidine rings is 2. The smallest absolute Gasteiger partial charge is 0.410 e. The van der Waals surface area contributed by atoms with Gasteiger partial charge in [0.1, 0.15) is 5.75 Å². The van der Waals surface area contributed by atoms with E-state index in [1.54, 1.807) is 4.90 Å². The molecule has 3 amide bonds. The van der Waals surface area contributed by atoms with E-state index < -0.39 is 18.2 Å². The Morgan fingerprint density at radius 3 is 2.11 bits per heavy atom. The molecule has 2 aromatic rings. The third-order valence-electron chi connectivity index (χ3n) is 10.2. The van der Waals surface area contributed by atoms with E-state index in [1.807, 2.05) is 61.2 Å². The molecule has 6 rings (SSSR count). The summed E-state index contributed by atoms with van der Waals surface area (Å²) < 4.78 is 6.03. The number of piperazine rings is 1. The number of hydrogen-bond donors (Lipinski definition) is 1. The van der Waals surface area contributed by atoms with Crippen molar-refractivity contribution in [2.24, 2.45) is 10.3 Å². The molecule has 3 fully saturated rings. The Morgan fingerprint density at radius 2 is 1.47 bits per heavy atom. The molecule has 0 bridgehead atoms. The highest BCUT2D eigenvalue weighted by Gasteiger charge is 2.39. The zero-order valence-electron chi connectivity index (χ0n) is 27.8. The van der Waals surface area contributed by atoms with Crippen molar-refractivity contribution in [3.05, 3.63) is 64.7 Å². The number of nitrogens with zero attached hydrogens (tertiary/aromatic N) is 7. The van der Waals surface area contributed by atoms with E-state index >= 15 is 0 Å². The van der Waals surface area contributed by atoms with Crippen LogP contribution >= 0.6 is 0 Å². The van der Waals surface area contributed by atoms with Gasteiger partial charge in [-0.2, -0.15) is 5.11 Å². The van der Waals surface area contributed by atoms with Gasteiger partial charge in [-0.05, 0) is 68.8 Å². The average Bonchev–Trinajstić information content (AvgIpc) is 3.48. The average molecular weight is 646 g/mol. The first-order valence-electron chi connectivity index (χ1n) is 16.9. The predicted molar refractivity (Wildman–Crippen MR) is 176 cm³/mol. The second kappa shape index (κ2) is 14.4. The molecule has 1 unspecified atom stereocenters. The Kier molecular flexibility index (Phi) is 10.1. The number of rotatable bonds is 7. The Hall–Kier alpha value is -4.03. The Bertz CT molecular complexity index is 1440. The van der Waals surface area contributed by atoms with Crippen LogP contribution in [0.25, 0.3) is 0 Å². The Labute approximate surface area is 276 Å². The molecule has 4 aliphatic heterocycles. The van der Waals surface area contributed by atoms with E-state index in [0.29, 0.717) is 45.1 Å². The largest absolute Gasteiger partial charge is 0.507 e. The predicted octanol–water partition coefficient (Wildman–Crippen LogP) is 3.71. The van der Waals surface area contributed by atoms with Crippen LogP contribution in [0.5, 0.6) is 5.75 Å². The molecule has 4 aliphatic rings. The molecule has 47 heavy (non-hydrogen) atoms. The molecule has 3 saturated heterocycles. The van der Waals surface area contributed by atoms with E-state index in [4.69, 9.17) is 4.74 Å². The van der Waals surface area contributed by atoms with Gasteiger partial charge < -0.3 is 24.5 Å². The summed E-state index contributed by atoms with van der Waals surface area (Å²) in [5, 5.41) is 20.2. The third kappa shape index (κ3) is 7.43. The first-order valence-corrected chi connectivity index (χ1v) is 16.9. The first kappa shape index (κ1) is 32.9. The lowest BCUT2D eigenvalue weighted by Gasteiger charge is -2.42. The lowest BCUT2D eigenvalue weighted by Crippen LogP contribution is -2.54. The van der Waals surface area contributed by atoms with E-state index in [0.717, 1.165) is 61.3 Å². The van der Waals surface area contributed by atoms with Crippen molar-refractivity contribution in [1.82, 2.24) is 24.6 Å². The second-order valence-electron chi connectivity index (χ2n) is 13.5. The number of aryl methyl sites for hydroxylation is 2. The van der Waals surface area contributed by atoms with Gasteiger partial charge in [0, 0.05) is 64.8 Å². The van der Waals surface area contributed by atoms with Crippen LogP contribution in [0.1, 0.15) is 54.0 Å².